The van der Waals surface area contributed by atoms with Crippen LogP contribution in [-0.4, -0.2) is 32.9 Å². The van der Waals surface area contributed by atoms with Crippen LogP contribution in [0.25, 0.3) is 0 Å². The summed E-state index contributed by atoms with van der Waals surface area (Å²) in [7, 11) is -3.47. The van der Waals surface area contributed by atoms with E-state index in [4.69, 9.17) is 11.6 Å². The van der Waals surface area contributed by atoms with E-state index < -0.39 is 10.0 Å². The van der Waals surface area contributed by atoms with Crippen molar-refractivity contribution in [2.75, 3.05) is 22.9 Å². The molecule has 168 valence electrons. The summed E-state index contributed by atoms with van der Waals surface area (Å²) in [6.07, 6.45) is 1.18. The minimum atomic E-state index is -3.47. The van der Waals surface area contributed by atoms with Crippen molar-refractivity contribution in [3.63, 3.8) is 0 Å². The third kappa shape index (κ3) is 7.29. The molecule has 0 saturated carbocycles. The summed E-state index contributed by atoms with van der Waals surface area (Å²) in [5, 5.41) is 3.62. The molecule has 0 spiro atoms. The molecule has 0 fully saturated rings. The highest BCUT2D eigenvalue weighted by Gasteiger charge is 2.18. The molecule has 0 aliphatic carbocycles. The Morgan fingerprint density at radius 3 is 2.31 bits per heavy atom. The highest BCUT2D eigenvalue weighted by atomic mass is 35.5. The van der Waals surface area contributed by atoms with Crippen molar-refractivity contribution >= 4 is 45.0 Å². The Kier molecular flexibility index (Phi) is 8.61. The van der Waals surface area contributed by atoms with Gasteiger partial charge >= 0.3 is 0 Å². The lowest BCUT2D eigenvalue weighted by Crippen LogP contribution is -2.29. The first kappa shape index (κ1) is 24.2. The van der Waals surface area contributed by atoms with Gasteiger partial charge in [0.05, 0.1) is 18.5 Å². The maximum absolute atomic E-state index is 12.4. The molecule has 3 aromatic rings. The first-order valence-electron chi connectivity index (χ1n) is 10.0. The van der Waals surface area contributed by atoms with E-state index in [1.165, 1.54) is 10.6 Å². The van der Waals surface area contributed by atoms with Gasteiger partial charge in [-0.15, -0.1) is 0 Å². The van der Waals surface area contributed by atoms with Gasteiger partial charge in [-0.1, -0.05) is 54.1 Å². The Balaban J connectivity index is 1.53. The molecule has 32 heavy (non-hydrogen) atoms. The average Bonchev–Trinajstić information content (AvgIpc) is 2.77. The molecule has 3 rings (SSSR count). The fraction of sp³-hybridized carbons (Fsp3) is 0.208. The Morgan fingerprint density at radius 2 is 1.66 bits per heavy atom. The molecule has 8 heteroatoms. The van der Waals surface area contributed by atoms with E-state index in [2.05, 4.69) is 5.32 Å². The predicted molar refractivity (Wildman–Crippen MR) is 134 cm³/mol. The smallest absolute Gasteiger partial charge is 0.251 e. The molecule has 0 unspecified atom stereocenters. The van der Waals surface area contributed by atoms with Crippen molar-refractivity contribution in [3.05, 3.63) is 101 Å². The fourth-order valence-electron chi connectivity index (χ4n) is 3.08. The van der Waals surface area contributed by atoms with Gasteiger partial charge in [-0.25, -0.2) is 8.42 Å². The van der Waals surface area contributed by atoms with Gasteiger partial charge in [-0.05, 0) is 47.5 Å². The van der Waals surface area contributed by atoms with Gasteiger partial charge in [0.2, 0.25) is 10.0 Å². The molecule has 0 atom stereocenters. The largest absolute Gasteiger partial charge is 0.351 e. The molecule has 3 aromatic carbocycles. The zero-order valence-electron chi connectivity index (χ0n) is 17.7. The standard InChI is InChI=1S/C24H25ClN2O3S2/c1-32(29,30)27(17-19-6-3-2-4-7-19)23-12-10-21(11-13-23)24(28)26-14-15-31-18-20-8-5-9-22(25)16-20/h2-13,16H,14-15,17-18H2,1H3,(H,26,28). The molecular formula is C24H25ClN2O3S2. The van der Waals surface area contributed by atoms with Crippen LogP contribution in [0.1, 0.15) is 21.5 Å². The maximum atomic E-state index is 12.4. The van der Waals surface area contributed by atoms with Crippen molar-refractivity contribution in [2.24, 2.45) is 0 Å². The monoisotopic (exact) mass is 488 g/mol. The molecule has 0 aromatic heterocycles. The molecular weight excluding hydrogens is 464 g/mol. The number of nitrogens with zero attached hydrogens (tertiary/aromatic N) is 1. The molecule has 0 aliphatic rings. The number of nitrogens with one attached hydrogen (secondary N) is 1. The summed E-state index contributed by atoms with van der Waals surface area (Å²) in [5.41, 5.74) is 3.04. The van der Waals surface area contributed by atoms with Crippen LogP contribution in [0, 0.1) is 0 Å². The molecule has 0 aliphatic heterocycles. The van der Waals surface area contributed by atoms with Crippen molar-refractivity contribution in [1.29, 1.82) is 0 Å². The molecule has 1 amide bonds. The molecule has 0 bridgehead atoms. The second-order valence-electron chi connectivity index (χ2n) is 7.24. The third-order valence-corrected chi connectivity index (χ3v) is 7.08. The average molecular weight is 489 g/mol. The predicted octanol–water partition coefficient (Wildman–Crippen LogP) is 4.97. The van der Waals surface area contributed by atoms with Gasteiger partial charge in [-0.2, -0.15) is 11.8 Å². The summed E-state index contributed by atoms with van der Waals surface area (Å²) in [6.45, 7) is 0.768. The van der Waals surface area contributed by atoms with E-state index in [1.807, 2.05) is 54.6 Å². The molecule has 0 heterocycles. The highest BCUT2D eigenvalue weighted by molar-refractivity contribution is 7.98. The number of carbonyl (C=O) groups is 1. The third-order valence-electron chi connectivity index (χ3n) is 4.68. The number of anilines is 1. The van der Waals surface area contributed by atoms with E-state index in [9.17, 15) is 13.2 Å². The number of carbonyl (C=O) groups excluding carboxylic acids is 1. The van der Waals surface area contributed by atoms with E-state index in [1.54, 1.807) is 36.0 Å². The van der Waals surface area contributed by atoms with Crippen molar-refractivity contribution < 1.29 is 13.2 Å². The Morgan fingerprint density at radius 1 is 0.969 bits per heavy atom. The van der Waals surface area contributed by atoms with Crippen molar-refractivity contribution in [1.82, 2.24) is 5.32 Å². The second-order valence-corrected chi connectivity index (χ2v) is 10.7. The summed E-state index contributed by atoms with van der Waals surface area (Å²) in [6, 6.07) is 23.7. The van der Waals surface area contributed by atoms with Gasteiger partial charge in [-0.3, -0.25) is 9.10 Å². The lowest BCUT2D eigenvalue weighted by atomic mass is 10.2. The van der Waals surface area contributed by atoms with Gasteiger partial charge in [0.1, 0.15) is 0 Å². The molecule has 1 N–H and O–H groups in total. The number of hydrogen-bond donors (Lipinski definition) is 1. The number of rotatable bonds is 10. The molecule has 0 radical (unpaired) electrons. The number of halogens is 1. The van der Waals surface area contributed by atoms with Crippen LogP contribution in [-0.2, 0) is 22.3 Å². The van der Waals surface area contributed by atoms with E-state index in [0.29, 0.717) is 17.8 Å². The van der Waals surface area contributed by atoms with E-state index in [0.717, 1.165) is 27.7 Å². The van der Waals surface area contributed by atoms with Gasteiger partial charge in [0.25, 0.3) is 5.91 Å². The summed E-state index contributed by atoms with van der Waals surface area (Å²) in [5.74, 6) is 1.41. The molecule has 0 saturated heterocycles. The highest BCUT2D eigenvalue weighted by Crippen LogP contribution is 2.21. The zero-order valence-corrected chi connectivity index (χ0v) is 20.1. The van der Waals surface area contributed by atoms with Crippen LogP contribution < -0.4 is 9.62 Å². The lowest BCUT2D eigenvalue weighted by Gasteiger charge is -2.22. The SMILES string of the molecule is CS(=O)(=O)N(Cc1ccccc1)c1ccc(C(=O)NCCSCc2cccc(Cl)c2)cc1. The van der Waals surface area contributed by atoms with Crippen LogP contribution in [0.3, 0.4) is 0 Å². The van der Waals surface area contributed by atoms with E-state index in [-0.39, 0.29) is 12.5 Å². The number of amides is 1. The van der Waals surface area contributed by atoms with Crippen LogP contribution in [0.4, 0.5) is 5.69 Å². The Labute approximate surface area is 198 Å². The van der Waals surface area contributed by atoms with Gasteiger partial charge in [0.15, 0.2) is 0 Å². The number of sulfonamides is 1. The number of hydrogen-bond acceptors (Lipinski definition) is 4. The van der Waals surface area contributed by atoms with Crippen LogP contribution in [0.2, 0.25) is 5.02 Å². The van der Waals surface area contributed by atoms with Gasteiger partial charge < -0.3 is 5.32 Å². The summed E-state index contributed by atoms with van der Waals surface area (Å²) < 4.78 is 26.0. The topological polar surface area (TPSA) is 66.5 Å². The van der Waals surface area contributed by atoms with Crippen LogP contribution >= 0.6 is 23.4 Å². The van der Waals surface area contributed by atoms with Gasteiger partial charge in [0, 0.05) is 28.6 Å². The van der Waals surface area contributed by atoms with Crippen LogP contribution in [0.5, 0.6) is 0 Å². The number of benzene rings is 3. The minimum Gasteiger partial charge on any atom is -0.351 e. The quantitative estimate of drug-likeness (QED) is 0.409. The van der Waals surface area contributed by atoms with E-state index >= 15 is 0 Å². The number of thioether (sulfide) groups is 1. The second kappa shape index (κ2) is 11.4. The van der Waals surface area contributed by atoms with Crippen LogP contribution in [0.15, 0.2) is 78.9 Å². The van der Waals surface area contributed by atoms with Crippen molar-refractivity contribution in [3.8, 4) is 0 Å². The van der Waals surface area contributed by atoms with Crippen molar-refractivity contribution in [2.45, 2.75) is 12.3 Å². The lowest BCUT2D eigenvalue weighted by molar-refractivity contribution is 0.0956. The first-order valence-corrected chi connectivity index (χ1v) is 13.4. The summed E-state index contributed by atoms with van der Waals surface area (Å²) >= 11 is 7.70. The Hall–Kier alpha value is -2.48. The Bertz CT molecular complexity index is 1140. The maximum Gasteiger partial charge on any atom is 0.251 e. The minimum absolute atomic E-state index is 0.186. The fourth-order valence-corrected chi connectivity index (χ4v) is 4.99. The molecule has 5 nitrogen and oxygen atoms in total. The normalized spacial score (nSPS) is 11.2. The zero-order chi connectivity index (χ0) is 23.0. The summed E-state index contributed by atoms with van der Waals surface area (Å²) in [4.78, 5) is 12.4. The first-order chi connectivity index (χ1) is 15.3.